The van der Waals surface area contributed by atoms with Gasteiger partial charge in [-0.3, -0.25) is 0 Å². The van der Waals surface area contributed by atoms with E-state index in [-0.39, 0.29) is 0 Å². The molecule has 0 aromatic carbocycles. The quantitative estimate of drug-likeness (QED) is 0.649. The minimum atomic E-state index is 0.422. The number of anilines is 1. The molecular weight excluding hydrogens is 354 g/mol. The molecule has 4 heterocycles. The third kappa shape index (κ3) is 4.06. The van der Waals surface area contributed by atoms with E-state index in [4.69, 9.17) is 4.52 Å². The van der Waals surface area contributed by atoms with Crippen LogP contribution < -0.4 is 4.90 Å². The summed E-state index contributed by atoms with van der Waals surface area (Å²) >= 11 is 0. The lowest BCUT2D eigenvalue weighted by molar-refractivity contribution is 0.373. The zero-order valence-electron chi connectivity index (χ0n) is 16.7. The first-order valence-electron chi connectivity index (χ1n) is 9.77. The van der Waals surface area contributed by atoms with Crippen molar-refractivity contribution in [1.29, 1.82) is 0 Å². The van der Waals surface area contributed by atoms with Crippen LogP contribution in [-0.2, 0) is 6.54 Å². The summed E-state index contributed by atoms with van der Waals surface area (Å²) in [4.78, 5) is 18.1. The van der Waals surface area contributed by atoms with Gasteiger partial charge in [0.05, 0.1) is 5.56 Å². The van der Waals surface area contributed by atoms with E-state index < -0.39 is 0 Å². The topological polar surface area (TPSA) is 76.1 Å². The molecule has 0 bridgehead atoms. The van der Waals surface area contributed by atoms with E-state index in [0.29, 0.717) is 17.6 Å². The molecule has 3 aromatic rings. The van der Waals surface area contributed by atoms with Gasteiger partial charge in [0.25, 0.3) is 5.89 Å². The number of likely N-dealkylation sites (N-methyl/N-ethyl adjacent to an activating group) is 1. The predicted octanol–water partition coefficient (Wildman–Crippen LogP) is 2.58. The number of hydrogen-bond acceptors (Lipinski definition) is 7. The van der Waals surface area contributed by atoms with Gasteiger partial charge in [0.2, 0.25) is 0 Å². The van der Waals surface area contributed by atoms with Gasteiger partial charge >= 0.3 is 0 Å². The first-order chi connectivity index (χ1) is 13.6. The van der Waals surface area contributed by atoms with Gasteiger partial charge in [0.1, 0.15) is 11.6 Å². The van der Waals surface area contributed by atoms with Gasteiger partial charge in [0, 0.05) is 50.7 Å². The molecular formula is C20H27N7O. The van der Waals surface area contributed by atoms with Crippen LogP contribution in [0.15, 0.2) is 35.2 Å². The number of rotatable bonds is 6. The summed E-state index contributed by atoms with van der Waals surface area (Å²) in [6.45, 7) is 5.74. The van der Waals surface area contributed by atoms with Crippen molar-refractivity contribution in [2.75, 3.05) is 38.6 Å². The number of piperidine rings is 1. The van der Waals surface area contributed by atoms with Crippen molar-refractivity contribution in [1.82, 2.24) is 29.6 Å². The van der Waals surface area contributed by atoms with Crippen LogP contribution in [0.2, 0.25) is 0 Å². The molecule has 0 unspecified atom stereocenters. The van der Waals surface area contributed by atoms with Crippen LogP contribution in [0.25, 0.3) is 11.5 Å². The van der Waals surface area contributed by atoms with Crippen molar-refractivity contribution >= 4 is 5.82 Å². The molecule has 148 valence electrons. The monoisotopic (exact) mass is 381 g/mol. The molecule has 1 aliphatic heterocycles. The van der Waals surface area contributed by atoms with Crippen LogP contribution >= 0.6 is 0 Å². The number of aryl methyl sites for hydroxylation is 1. The molecule has 0 amide bonds. The zero-order valence-corrected chi connectivity index (χ0v) is 16.7. The molecule has 28 heavy (non-hydrogen) atoms. The molecule has 8 heteroatoms. The molecule has 1 fully saturated rings. The van der Waals surface area contributed by atoms with Crippen LogP contribution in [0.4, 0.5) is 5.82 Å². The first-order valence-corrected chi connectivity index (χ1v) is 9.77. The fraction of sp³-hybridized carbons (Fsp3) is 0.500. The molecule has 4 rings (SSSR count). The van der Waals surface area contributed by atoms with E-state index in [1.807, 2.05) is 31.5 Å². The van der Waals surface area contributed by atoms with E-state index in [0.717, 1.165) is 50.4 Å². The summed E-state index contributed by atoms with van der Waals surface area (Å²) in [6, 6.07) is 4.03. The van der Waals surface area contributed by atoms with Crippen molar-refractivity contribution in [3.05, 3.63) is 42.4 Å². The molecule has 0 N–H and O–H groups in total. The smallest absolute Gasteiger partial charge is 0.259 e. The van der Waals surface area contributed by atoms with E-state index in [1.165, 1.54) is 5.82 Å². The van der Waals surface area contributed by atoms with Gasteiger partial charge in [-0.2, -0.15) is 4.98 Å². The Bertz CT molecular complexity index is 899. The van der Waals surface area contributed by atoms with Crippen molar-refractivity contribution in [2.45, 2.75) is 32.2 Å². The third-order valence-electron chi connectivity index (χ3n) is 5.17. The molecule has 1 aliphatic rings. The second-order valence-electron chi connectivity index (χ2n) is 7.62. The maximum Gasteiger partial charge on any atom is 0.259 e. The van der Waals surface area contributed by atoms with Crippen molar-refractivity contribution in [2.24, 2.45) is 0 Å². The summed E-state index contributed by atoms with van der Waals surface area (Å²) in [5, 5.41) is 3.84. The normalized spacial score (nSPS) is 17.4. The average molecular weight is 381 g/mol. The molecule has 8 nitrogen and oxygen atoms in total. The Morgan fingerprint density at radius 2 is 2.14 bits per heavy atom. The Hall–Kier alpha value is -2.74. The zero-order chi connectivity index (χ0) is 19.5. The van der Waals surface area contributed by atoms with Gasteiger partial charge in [-0.15, -0.1) is 0 Å². The van der Waals surface area contributed by atoms with E-state index in [9.17, 15) is 0 Å². The second kappa shape index (κ2) is 8.10. The Labute approximate surface area is 165 Å². The van der Waals surface area contributed by atoms with Gasteiger partial charge in [-0.25, -0.2) is 9.97 Å². The summed E-state index contributed by atoms with van der Waals surface area (Å²) < 4.78 is 7.52. The molecule has 0 spiro atoms. The molecule has 1 saturated heterocycles. The molecule has 0 radical (unpaired) electrons. The maximum atomic E-state index is 5.23. The third-order valence-corrected chi connectivity index (χ3v) is 5.17. The Kier molecular flexibility index (Phi) is 5.38. The SMILES string of the molecule is Cc1noc(-c2ccc(N3CCC[C@@H](c4nccn4CCN(C)C)C3)nc2)n1. The number of hydrogen-bond donors (Lipinski definition) is 0. The van der Waals surface area contributed by atoms with Crippen LogP contribution in [0.5, 0.6) is 0 Å². The standard InChI is InChI=1S/C20H27N7O/c1-15-23-20(28-24-15)16-6-7-18(22-13-16)27-9-4-5-17(14-27)19-21-8-10-26(19)12-11-25(2)3/h6-8,10,13,17H,4-5,9,11-12,14H2,1-3H3/t17-/m1/s1. The highest BCUT2D eigenvalue weighted by atomic mass is 16.5. The van der Waals surface area contributed by atoms with Gasteiger partial charge in [-0.05, 0) is 46.0 Å². The summed E-state index contributed by atoms with van der Waals surface area (Å²) in [5.74, 6) is 3.73. The van der Waals surface area contributed by atoms with Crippen LogP contribution in [0, 0.1) is 6.92 Å². The minimum absolute atomic E-state index is 0.422. The molecule has 0 saturated carbocycles. The van der Waals surface area contributed by atoms with E-state index in [2.05, 4.69) is 54.8 Å². The number of pyridine rings is 1. The summed E-state index contributed by atoms with van der Waals surface area (Å²) in [7, 11) is 4.20. The highest BCUT2D eigenvalue weighted by molar-refractivity contribution is 5.54. The predicted molar refractivity (Wildman–Crippen MR) is 107 cm³/mol. The van der Waals surface area contributed by atoms with Crippen LogP contribution in [0.3, 0.4) is 0 Å². The summed E-state index contributed by atoms with van der Waals surface area (Å²) in [5.41, 5.74) is 0.845. The van der Waals surface area contributed by atoms with Crippen LogP contribution in [0.1, 0.15) is 30.4 Å². The molecule has 3 aromatic heterocycles. The lowest BCUT2D eigenvalue weighted by Gasteiger charge is -2.33. The van der Waals surface area contributed by atoms with Gasteiger partial charge in [0.15, 0.2) is 5.82 Å². The lowest BCUT2D eigenvalue weighted by atomic mass is 9.97. The Morgan fingerprint density at radius 3 is 2.86 bits per heavy atom. The van der Waals surface area contributed by atoms with E-state index in [1.54, 1.807) is 0 Å². The fourth-order valence-electron chi connectivity index (χ4n) is 3.69. The number of aromatic nitrogens is 5. The lowest BCUT2D eigenvalue weighted by Crippen LogP contribution is -2.36. The summed E-state index contributed by atoms with van der Waals surface area (Å²) in [6.07, 6.45) is 8.12. The minimum Gasteiger partial charge on any atom is -0.356 e. The molecule has 0 aliphatic carbocycles. The van der Waals surface area contributed by atoms with Crippen molar-refractivity contribution < 1.29 is 4.52 Å². The van der Waals surface area contributed by atoms with Crippen molar-refractivity contribution in [3.63, 3.8) is 0 Å². The average Bonchev–Trinajstić information content (AvgIpc) is 3.35. The number of nitrogens with zero attached hydrogens (tertiary/aromatic N) is 7. The second-order valence-corrected chi connectivity index (χ2v) is 7.62. The highest BCUT2D eigenvalue weighted by Crippen LogP contribution is 2.29. The highest BCUT2D eigenvalue weighted by Gasteiger charge is 2.25. The Balaban J connectivity index is 1.46. The van der Waals surface area contributed by atoms with E-state index >= 15 is 0 Å². The van der Waals surface area contributed by atoms with Crippen molar-refractivity contribution in [3.8, 4) is 11.5 Å². The van der Waals surface area contributed by atoms with Crippen LogP contribution in [-0.4, -0.2) is 63.3 Å². The Morgan fingerprint density at radius 1 is 1.25 bits per heavy atom. The largest absolute Gasteiger partial charge is 0.356 e. The number of imidazole rings is 1. The maximum absolute atomic E-state index is 5.23. The fourth-order valence-corrected chi connectivity index (χ4v) is 3.69. The van der Waals surface area contributed by atoms with Gasteiger partial charge < -0.3 is 18.9 Å². The molecule has 1 atom stereocenters. The first kappa shape index (κ1) is 18.6. The van der Waals surface area contributed by atoms with Gasteiger partial charge in [-0.1, -0.05) is 5.16 Å².